The zero-order valence-corrected chi connectivity index (χ0v) is 17.0. The van der Waals surface area contributed by atoms with Gasteiger partial charge in [-0.2, -0.15) is 0 Å². The SMILES string of the molecule is CCCC(Sc1cccc2nccn12)N1C(=O)S/C(=C\c2ccccc2)C1=O. The average molecular weight is 410 g/mol. The molecule has 0 radical (unpaired) electrons. The molecule has 5 nitrogen and oxygen atoms in total. The lowest BCUT2D eigenvalue weighted by molar-refractivity contribution is -0.123. The second-order valence-electron chi connectivity index (χ2n) is 6.34. The number of benzene rings is 1. The van der Waals surface area contributed by atoms with Crippen molar-refractivity contribution in [3.63, 3.8) is 0 Å². The summed E-state index contributed by atoms with van der Waals surface area (Å²) in [6.45, 7) is 2.06. The van der Waals surface area contributed by atoms with Gasteiger partial charge in [0.2, 0.25) is 0 Å². The lowest BCUT2D eigenvalue weighted by atomic mass is 10.2. The summed E-state index contributed by atoms with van der Waals surface area (Å²) in [5, 5.41) is 0.489. The van der Waals surface area contributed by atoms with E-state index in [1.54, 1.807) is 12.3 Å². The Labute approximate surface area is 171 Å². The van der Waals surface area contributed by atoms with Gasteiger partial charge >= 0.3 is 0 Å². The molecule has 0 N–H and O–H groups in total. The van der Waals surface area contributed by atoms with E-state index < -0.39 is 0 Å². The van der Waals surface area contributed by atoms with Crippen molar-refractivity contribution < 1.29 is 9.59 Å². The first kappa shape index (κ1) is 18.8. The maximum atomic E-state index is 13.0. The molecule has 1 aliphatic rings. The lowest BCUT2D eigenvalue weighted by Crippen LogP contribution is -2.36. The van der Waals surface area contributed by atoms with Crippen molar-refractivity contribution in [2.75, 3.05) is 0 Å². The van der Waals surface area contributed by atoms with Gasteiger partial charge in [0.15, 0.2) is 0 Å². The monoisotopic (exact) mass is 409 g/mol. The van der Waals surface area contributed by atoms with Crippen molar-refractivity contribution in [3.05, 3.63) is 71.4 Å². The fourth-order valence-electron chi connectivity index (χ4n) is 3.07. The van der Waals surface area contributed by atoms with E-state index in [1.807, 2.05) is 59.1 Å². The molecular formula is C21H19N3O2S2. The first-order valence-corrected chi connectivity index (χ1v) is 10.8. The average Bonchev–Trinajstić information content (AvgIpc) is 3.28. The van der Waals surface area contributed by atoms with Gasteiger partial charge in [-0.05, 0) is 42.0 Å². The van der Waals surface area contributed by atoms with Gasteiger partial charge in [0.1, 0.15) is 5.65 Å². The van der Waals surface area contributed by atoms with Crippen LogP contribution in [0.1, 0.15) is 25.3 Å². The highest BCUT2D eigenvalue weighted by Gasteiger charge is 2.40. The molecule has 0 bridgehead atoms. The summed E-state index contributed by atoms with van der Waals surface area (Å²) in [4.78, 5) is 31.9. The molecule has 28 heavy (non-hydrogen) atoms. The summed E-state index contributed by atoms with van der Waals surface area (Å²) in [5.74, 6) is -0.220. The number of imidazole rings is 1. The third-order valence-corrected chi connectivity index (χ3v) is 6.57. The molecule has 2 amide bonds. The highest BCUT2D eigenvalue weighted by atomic mass is 32.2. The molecule has 142 valence electrons. The molecule has 4 rings (SSSR count). The van der Waals surface area contributed by atoms with E-state index in [1.165, 1.54) is 16.7 Å². The minimum absolute atomic E-state index is 0.212. The quantitative estimate of drug-likeness (QED) is 0.409. The van der Waals surface area contributed by atoms with Crippen molar-refractivity contribution in [3.8, 4) is 0 Å². The number of nitrogens with zero attached hydrogens (tertiary/aromatic N) is 3. The van der Waals surface area contributed by atoms with Crippen LogP contribution in [0.25, 0.3) is 11.7 Å². The minimum atomic E-state index is -0.257. The Hall–Kier alpha value is -2.51. The number of hydrogen-bond acceptors (Lipinski definition) is 5. The smallest absolute Gasteiger partial charge is 0.294 e. The van der Waals surface area contributed by atoms with Gasteiger partial charge in [0.25, 0.3) is 11.1 Å². The van der Waals surface area contributed by atoms with E-state index in [4.69, 9.17) is 0 Å². The Morgan fingerprint density at radius 1 is 1.14 bits per heavy atom. The van der Waals surface area contributed by atoms with Crippen LogP contribution in [0.3, 0.4) is 0 Å². The van der Waals surface area contributed by atoms with Crippen LogP contribution in [0.2, 0.25) is 0 Å². The van der Waals surface area contributed by atoms with Crippen molar-refractivity contribution in [2.24, 2.45) is 0 Å². The second kappa shape index (κ2) is 8.24. The van der Waals surface area contributed by atoms with E-state index in [2.05, 4.69) is 11.9 Å². The molecule has 3 aromatic rings. The number of thioether (sulfide) groups is 2. The van der Waals surface area contributed by atoms with Crippen LogP contribution in [0.15, 0.2) is 70.9 Å². The number of hydrogen-bond donors (Lipinski definition) is 0. The number of amides is 2. The Balaban J connectivity index is 1.62. The maximum Gasteiger partial charge on any atom is 0.294 e. The Kier molecular flexibility index (Phi) is 5.54. The second-order valence-corrected chi connectivity index (χ2v) is 8.53. The molecule has 2 aromatic heterocycles. The topological polar surface area (TPSA) is 54.7 Å². The predicted octanol–water partition coefficient (Wildman–Crippen LogP) is 5.29. The van der Waals surface area contributed by atoms with Crippen LogP contribution >= 0.6 is 23.5 Å². The van der Waals surface area contributed by atoms with E-state index in [9.17, 15) is 9.59 Å². The number of pyridine rings is 1. The van der Waals surface area contributed by atoms with Gasteiger partial charge in [-0.1, -0.05) is 61.5 Å². The minimum Gasteiger partial charge on any atom is -0.294 e. The Morgan fingerprint density at radius 2 is 1.96 bits per heavy atom. The molecule has 1 fully saturated rings. The van der Waals surface area contributed by atoms with Crippen LogP contribution in [0.5, 0.6) is 0 Å². The van der Waals surface area contributed by atoms with Crippen molar-refractivity contribution >= 4 is 46.4 Å². The van der Waals surface area contributed by atoms with Gasteiger partial charge in [0.05, 0.1) is 15.3 Å². The Morgan fingerprint density at radius 3 is 2.75 bits per heavy atom. The first-order chi connectivity index (χ1) is 13.7. The molecule has 1 unspecified atom stereocenters. The number of fused-ring (bicyclic) bond motifs is 1. The van der Waals surface area contributed by atoms with E-state index in [0.29, 0.717) is 4.91 Å². The lowest BCUT2D eigenvalue weighted by Gasteiger charge is -2.24. The molecule has 0 spiro atoms. The molecule has 3 heterocycles. The standard InChI is InChI=1S/C21H19N3O2S2/c1-2-7-19(28-18-11-6-10-17-22-12-13-23(17)18)24-20(25)16(27-21(24)26)14-15-8-4-3-5-9-15/h3-6,8-14,19H,2,7H2,1H3/b16-14-. The van der Waals surface area contributed by atoms with Crippen LogP contribution in [0, 0.1) is 0 Å². The molecule has 0 aliphatic carbocycles. The third-order valence-electron chi connectivity index (χ3n) is 4.39. The normalized spacial score (nSPS) is 17.0. The highest BCUT2D eigenvalue weighted by Crippen LogP contribution is 2.39. The number of carbonyl (C=O) groups is 2. The zero-order chi connectivity index (χ0) is 19.5. The fraction of sp³-hybridized carbons (Fsp3) is 0.190. The van der Waals surface area contributed by atoms with Gasteiger partial charge in [-0.3, -0.25) is 18.9 Å². The van der Waals surface area contributed by atoms with Gasteiger partial charge in [-0.15, -0.1) is 0 Å². The maximum absolute atomic E-state index is 13.0. The molecule has 1 saturated heterocycles. The van der Waals surface area contributed by atoms with E-state index in [0.717, 1.165) is 40.8 Å². The van der Waals surface area contributed by atoms with Crippen LogP contribution in [-0.2, 0) is 4.79 Å². The van der Waals surface area contributed by atoms with E-state index in [-0.39, 0.29) is 16.5 Å². The van der Waals surface area contributed by atoms with Gasteiger partial charge < -0.3 is 0 Å². The summed E-state index contributed by atoms with van der Waals surface area (Å²) in [5.41, 5.74) is 1.76. The third kappa shape index (κ3) is 3.72. The molecule has 7 heteroatoms. The number of rotatable bonds is 6. The zero-order valence-electron chi connectivity index (χ0n) is 15.3. The number of imide groups is 1. The predicted molar refractivity (Wildman–Crippen MR) is 114 cm³/mol. The summed E-state index contributed by atoms with van der Waals surface area (Å²) in [6, 6.07) is 15.5. The summed E-state index contributed by atoms with van der Waals surface area (Å²) >= 11 is 2.54. The van der Waals surface area contributed by atoms with Gasteiger partial charge in [0, 0.05) is 12.4 Å². The summed E-state index contributed by atoms with van der Waals surface area (Å²) < 4.78 is 1.98. The summed E-state index contributed by atoms with van der Waals surface area (Å²) in [7, 11) is 0. The Bertz CT molecular complexity index is 1050. The number of carbonyl (C=O) groups excluding carboxylic acids is 2. The van der Waals surface area contributed by atoms with E-state index >= 15 is 0 Å². The summed E-state index contributed by atoms with van der Waals surface area (Å²) in [6.07, 6.45) is 7.03. The fourth-order valence-corrected chi connectivity index (χ4v) is 5.37. The van der Waals surface area contributed by atoms with Crippen molar-refractivity contribution in [2.45, 2.75) is 30.2 Å². The molecular weight excluding hydrogens is 390 g/mol. The highest BCUT2D eigenvalue weighted by molar-refractivity contribution is 8.18. The number of aromatic nitrogens is 2. The molecule has 1 aromatic carbocycles. The van der Waals surface area contributed by atoms with Crippen molar-refractivity contribution in [1.82, 2.24) is 14.3 Å². The van der Waals surface area contributed by atoms with Gasteiger partial charge in [-0.25, -0.2) is 4.98 Å². The van der Waals surface area contributed by atoms with Crippen LogP contribution in [-0.4, -0.2) is 30.8 Å². The van der Waals surface area contributed by atoms with Crippen LogP contribution < -0.4 is 0 Å². The molecule has 1 aliphatic heterocycles. The van der Waals surface area contributed by atoms with Crippen LogP contribution in [0.4, 0.5) is 4.79 Å². The first-order valence-electron chi connectivity index (χ1n) is 9.08. The molecule has 1 atom stereocenters. The molecule has 0 saturated carbocycles. The largest absolute Gasteiger partial charge is 0.294 e. The van der Waals surface area contributed by atoms with Crippen molar-refractivity contribution in [1.29, 1.82) is 0 Å².